The highest BCUT2D eigenvalue weighted by atomic mass is 35.5. The number of thiazole rings is 1. The molecule has 2 amide bonds. The Bertz CT molecular complexity index is 1770. The smallest absolute Gasteiger partial charge is 0.413 e. The standard InChI is InChI=1S/C27H24ClF3N6O4S/c1-27(2,3)41-25(38)35-24-33-20-13(6-7-16(29)21(20)42-24)17-15(28)8-14-19(18(17)30)32-23(31)34-22(14)37-11-4-5-12(37)10-36(9-11)26(39)40/h6-8,11-12H,4-5,9-10H2,1-3H3,(H,39,40)(H,33,35,38). The van der Waals surface area contributed by atoms with Gasteiger partial charge >= 0.3 is 18.3 Å². The Morgan fingerprint density at radius 3 is 2.43 bits per heavy atom. The average Bonchev–Trinajstić information content (AvgIpc) is 3.42. The molecule has 42 heavy (non-hydrogen) atoms. The summed E-state index contributed by atoms with van der Waals surface area (Å²) in [5, 5.41) is 12.0. The van der Waals surface area contributed by atoms with Crippen LogP contribution in [0.25, 0.3) is 32.2 Å². The first-order valence-electron chi connectivity index (χ1n) is 13.0. The molecule has 220 valence electrons. The van der Waals surface area contributed by atoms with E-state index < -0.39 is 35.5 Å². The van der Waals surface area contributed by atoms with Gasteiger partial charge in [-0.1, -0.05) is 22.9 Å². The molecule has 0 spiro atoms. The summed E-state index contributed by atoms with van der Waals surface area (Å²) in [7, 11) is 0. The van der Waals surface area contributed by atoms with Crippen molar-refractivity contribution in [3.05, 3.63) is 40.9 Å². The zero-order chi connectivity index (χ0) is 30.1. The zero-order valence-electron chi connectivity index (χ0n) is 22.5. The highest BCUT2D eigenvalue weighted by Gasteiger charge is 2.43. The van der Waals surface area contributed by atoms with Crippen molar-refractivity contribution in [2.45, 2.75) is 51.3 Å². The monoisotopic (exact) mass is 620 g/mol. The second-order valence-corrected chi connectivity index (χ2v) is 12.6. The van der Waals surface area contributed by atoms with Gasteiger partial charge in [0.2, 0.25) is 0 Å². The van der Waals surface area contributed by atoms with Crippen molar-refractivity contribution in [1.82, 2.24) is 19.9 Å². The summed E-state index contributed by atoms with van der Waals surface area (Å²) in [6.45, 7) is 5.46. The van der Waals surface area contributed by atoms with E-state index in [2.05, 4.69) is 20.3 Å². The Morgan fingerprint density at radius 1 is 1.10 bits per heavy atom. The number of carbonyl (C=O) groups excluding carboxylic acids is 1. The van der Waals surface area contributed by atoms with E-state index in [-0.39, 0.29) is 73.4 Å². The Hall–Kier alpha value is -3.91. The van der Waals surface area contributed by atoms with Gasteiger partial charge in [-0.2, -0.15) is 14.4 Å². The minimum absolute atomic E-state index is 0.0227. The summed E-state index contributed by atoms with van der Waals surface area (Å²) < 4.78 is 51.2. The van der Waals surface area contributed by atoms with Crippen LogP contribution in [0, 0.1) is 17.7 Å². The van der Waals surface area contributed by atoms with Crippen LogP contribution >= 0.6 is 22.9 Å². The van der Waals surface area contributed by atoms with E-state index in [4.69, 9.17) is 16.3 Å². The lowest BCUT2D eigenvalue weighted by Gasteiger charge is -2.40. The number of halogens is 4. The van der Waals surface area contributed by atoms with E-state index in [1.807, 2.05) is 4.90 Å². The molecule has 2 aromatic heterocycles. The maximum absolute atomic E-state index is 16.3. The van der Waals surface area contributed by atoms with Crippen molar-refractivity contribution >= 4 is 67.2 Å². The number of nitrogens with zero attached hydrogens (tertiary/aromatic N) is 5. The van der Waals surface area contributed by atoms with E-state index >= 15 is 4.39 Å². The van der Waals surface area contributed by atoms with Crippen LogP contribution in [0.15, 0.2) is 18.2 Å². The van der Waals surface area contributed by atoms with Crippen LogP contribution in [0.5, 0.6) is 0 Å². The van der Waals surface area contributed by atoms with Gasteiger partial charge in [0, 0.05) is 41.7 Å². The van der Waals surface area contributed by atoms with Gasteiger partial charge < -0.3 is 19.6 Å². The molecule has 0 saturated carbocycles. The van der Waals surface area contributed by atoms with E-state index in [1.54, 1.807) is 20.8 Å². The highest BCUT2D eigenvalue weighted by molar-refractivity contribution is 7.22. The maximum atomic E-state index is 16.3. The molecule has 2 aromatic carbocycles. The number of fused-ring (bicyclic) bond motifs is 4. The van der Waals surface area contributed by atoms with Crippen molar-refractivity contribution in [2.24, 2.45) is 0 Å². The molecule has 2 unspecified atom stereocenters. The van der Waals surface area contributed by atoms with Crippen LogP contribution in [0.1, 0.15) is 33.6 Å². The van der Waals surface area contributed by atoms with Gasteiger partial charge in [-0.15, -0.1) is 0 Å². The third kappa shape index (κ3) is 4.91. The predicted octanol–water partition coefficient (Wildman–Crippen LogP) is 6.66. The summed E-state index contributed by atoms with van der Waals surface area (Å²) in [6.07, 6.45) is -1.68. The molecule has 15 heteroatoms. The first kappa shape index (κ1) is 28.2. The minimum Gasteiger partial charge on any atom is -0.465 e. The molecule has 2 bridgehead atoms. The normalized spacial score (nSPS) is 18.6. The molecular formula is C27H24ClF3N6O4S. The molecule has 10 nitrogen and oxygen atoms in total. The molecule has 6 rings (SSSR count). The fraction of sp³-hybridized carbons (Fsp3) is 0.370. The molecule has 0 aliphatic carbocycles. The molecule has 2 aliphatic rings. The molecule has 2 fully saturated rings. The Morgan fingerprint density at radius 2 is 1.79 bits per heavy atom. The third-order valence-electron chi connectivity index (χ3n) is 7.21. The van der Waals surface area contributed by atoms with Crippen LogP contribution in [0.3, 0.4) is 0 Å². The summed E-state index contributed by atoms with van der Waals surface area (Å²) in [4.78, 5) is 39.0. The number of aromatic nitrogens is 3. The number of hydrogen-bond acceptors (Lipinski definition) is 8. The lowest BCUT2D eigenvalue weighted by molar-refractivity contribution is 0.0636. The summed E-state index contributed by atoms with van der Waals surface area (Å²) in [5.41, 5.74) is -1.15. The van der Waals surface area contributed by atoms with Crippen molar-refractivity contribution in [3.8, 4) is 11.1 Å². The lowest BCUT2D eigenvalue weighted by Crippen LogP contribution is -2.55. The van der Waals surface area contributed by atoms with Gasteiger partial charge in [-0.25, -0.2) is 23.4 Å². The fourth-order valence-electron chi connectivity index (χ4n) is 5.62. The van der Waals surface area contributed by atoms with E-state index in [0.717, 1.165) is 17.4 Å². The Balaban J connectivity index is 1.45. The quantitative estimate of drug-likeness (QED) is 0.244. The molecule has 2 atom stereocenters. The number of anilines is 2. The van der Waals surface area contributed by atoms with Crippen LogP contribution < -0.4 is 10.2 Å². The number of carbonyl (C=O) groups is 2. The van der Waals surface area contributed by atoms with Gasteiger partial charge in [0.25, 0.3) is 0 Å². The number of piperazine rings is 1. The Labute approximate surface area is 246 Å². The number of nitrogens with one attached hydrogen (secondary N) is 1. The van der Waals surface area contributed by atoms with Crippen molar-refractivity contribution in [3.63, 3.8) is 0 Å². The van der Waals surface area contributed by atoms with Crippen LogP contribution in [-0.4, -0.2) is 67.9 Å². The molecule has 4 heterocycles. The summed E-state index contributed by atoms with van der Waals surface area (Å²) in [6, 6.07) is 3.30. The van der Waals surface area contributed by atoms with Gasteiger partial charge in [0.1, 0.15) is 22.8 Å². The minimum atomic E-state index is -1.16. The second-order valence-electron chi connectivity index (χ2n) is 11.2. The van der Waals surface area contributed by atoms with Crippen LogP contribution in [-0.2, 0) is 4.74 Å². The number of likely N-dealkylation sites (tertiary alicyclic amines) is 1. The number of hydrogen-bond donors (Lipinski definition) is 2. The molecule has 2 N–H and O–H groups in total. The number of rotatable bonds is 3. The van der Waals surface area contributed by atoms with Gasteiger partial charge in [-0.05, 0) is 51.8 Å². The maximum Gasteiger partial charge on any atom is 0.413 e. The van der Waals surface area contributed by atoms with Gasteiger partial charge in [-0.3, -0.25) is 5.32 Å². The van der Waals surface area contributed by atoms with Crippen molar-refractivity contribution < 1.29 is 32.6 Å². The van der Waals surface area contributed by atoms with Crippen LogP contribution in [0.2, 0.25) is 5.02 Å². The predicted molar refractivity (Wildman–Crippen MR) is 152 cm³/mol. The largest absolute Gasteiger partial charge is 0.465 e. The fourth-order valence-corrected chi connectivity index (χ4v) is 6.80. The highest BCUT2D eigenvalue weighted by Crippen LogP contribution is 2.44. The first-order valence-corrected chi connectivity index (χ1v) is 14.2. The summed E-state index contributed by atoms with van der Waals surface area (Å²) in [5.74, 6) is -1.48. The number of ether oxygens (including phenoxy) is 1. The van der Waals surface area contributed by atoms with E-state index in [0.29, 0.717) is 12.8 Å². The SMILES string of the molecule is CC(C)(C)OC(=O)Nc1nc2c(-c3c(Cl)cc4c(N5C6CCC5CN(C(=O)O)C6)nc(F)nc4c3F)ccc(F)c2s1. The van der Waals surface area contributed by atoms with Crippen molar-refractivity contribution in [1.29, 1.82) is 0 Å². The molecular weight excluding hydrogens is 597 g/mol. The average molecular weight is 621 g/mol. The molecule has 4 aromatic rings. The Kier molecular flexibility index (Phi) is 6.80. The van der Waals surface area contributed by atoms with E-state index in [1.165, 1.54) is 17.0 Å². The molecule has 0 radical (unpaired) electrons. The zero-order valence-corrected chi connectivity index (χ0v) is 24.1. The van der Waals surface area contributed by atoms with E-state index in [9.17, 15) is 23.5 Å². The number of carboxylic acid groups (broad SMARTS) is 1. The lowest BCUT2D eigenvalue weighted by atomic mass is 10.0. The van der Waals surface area contributed by atoms with Crippen molar-refractivity contribution in [2.75, 3.05) is 23.3 Å². The molecule has 2 saturated heterocycles. The number of benzene rings is 2. The van der Waals surface area contributed by atoms with Crippen LogP contribution in [0.4, 0.5) is 33.7 Å². The summed E-state index contributed by atoms with van der Waals surface area (Å²) >= 11 is 7.48. The molecule has 2 aliphatic heterocycles. The number of amides is 2. The van der Waals surface area contributed by atoms with Gasteiger partial charge in [0.05, 0.1) is 15.2 Å². The first-order chi connectivity index (χ1) is 19.8. The third-order valence-corrected chi connectivity index (χ3v) is 8.48. The second kappa shape index (κ2) is 10.1. The van der Waals surface area contributed by atoms with Gasteiger partial charge in [0.15, 0.2) is 10.9 Å². The topological polar surface area (TPSA) is 121 Å².